The van der Waals surface area contributed by atoms with E-state index >= 15 is 0 Å². The number of fused-ring (bicyclic) bond motifs is 1. The zero-order valence-corrected chi connectivity index (χ0v) is 16.8. The topological polar surface area (TPSA) is 79.0 Å². The molecule has 0 unspecified atom stereocenters. The predicted molar refractivity (Wildman–Crippen MR) is 112 cm³/mol. The summed E-state index contributed by atoms with van der Waals surface area (Å²) in [4.78, 5) is 11.3. The number of likely N-dealkylation sites (N-methyl/N-ethyl adjacent to an activating group) is 1. The van der Waals surface area contributed by atoms with Gasteiger partial charge in [0, 0.05) is 30.6 Å². The van der Waals surface area contributed by atoms with Crippen molar-refractivity contribution in [2.24, 2.45) is 0 Å². The standard InChI is InChI=1S/C21H28N6O/c1-4-27(15-5-6-15)10-9-22-20-12-19(23-13-24-20)21-17-11-16(28-14(2)3)7-8-18(17)25-26-21/h7-8,11-15H,4-6,9-10H2,1-3H3,(H,25,26)(H,22,23,24). The molecule has 2 N–H and O–H groups in total. The SMILES string of the molecule is CCN(CCNc1cc(-c2n[nH]c3ccc(OC(C)C)cc23)ncn1)C1CC1. The molecule has 0 bridgehead atoms. The molecule has 0 aliphatic heterocycles. The van der Waals surface area contributed by atoms with Crippen LogP contribution in [-0.2, 0) is 0 Å². The van der Waals surface area contributed by atoms with Crippen LogP contribution in [-0.4, -0.2) is 56.8 Å². The highest BCUT2D eigenvalue weighted by Crippen LogP contribution is 2.29. The summed E-state index contributed by atoms with van der Waals surface area (Å²) in [5.74, 6) is 1.65. The van der Waals surface area contributed by atoms with Gasteiger partial charge >= 0.3 is 0 Å². The molecule has 7 heteroatoms. The summed E-state index contributed by atoms with van der Waals surface area (Å²) in [7, 11) is 0. The van der Waals surface area contributed by atoms with Gasteiger partial charge in [-0.05, 0) is 51.4 Å². The Morgan fingerprint density at radius 3 is 2.86 bits per heavy atom. The first kappa shape index (κ1) is 18.7. The summed E-state index contributed by atoms with van der Waals surface area (Å²) in [6, 6.07) is 8.69. The molecule has 1 aliphatic rings. The van der Waals surface area contributed by atoms with Crippen molar-refractivity contribution in [3.63, 3.8) is 0 Å². The molecule has 2 heterocycles. The van der Waals surface area contributed by atoms with E-state index in [0.717, 1.165) is 59.5 Å². The summed E-state index contributed by atoms with van der Waals surface area (Å²) >= 11 is 0. The Balaban J connectivity index is 1.50. The number of benzene rings is 1. The summed E-state index contributed by atoms with van der Waals surface area (Å²) in [6.45, 7) is 9.26. The van der Waals surface area contributed by atoms with Crippen LogP contribution in [0.3, 0.4) is 0 Å². The third kappa shape index (κ3) is 4.25. The highest BCUT2D eigenvalue weighted by atomic mass is 16.5. The van der Waals surface area contributed by atoms with Gasteiger partial charge in [-0.25, -0.2) is 9.97 Å². The zero-order valence-electron chi connectivity index (χ0n) is 16.8. The van der Waals surface area contributed by atoms with Crippen LogP contribution in [0.4, 0.5) is 5.82 Å². The maximum atomic E-state index is 5.83. The Bertz CT molecular complexity index is 934. The van der Waals surface area contributed by atoms with Crippen molar-refractivity contribution in [1.82, 2.24) is 25.1 Å². The minimum absolute atomic E-state index is 0.126. The Labute approximate surface area is 165 Å². The number of nitrogens with one attached hydrogen (secondary N) is 2. The van der Waals surface area contributed by atoms with Crippen molar-refractivity contribution in [2.75, 3.05) is 25.0 Å². The van der Waals surface area contributed by atoms with Crippen LogP contribution in [0.1, 0.15) is 33.6 Å². The molecule has 2 aromatic heterocycles. The largest absolute Gasteiger partial charge is 0.491 e. The van der Waals surface area contributed by atoms with Gasteiger partial charge in [0.1, 0.15) is 23.6 Å². The molecule has 0 radical (unpaired) electrons. The average Bonchev–Trinajstić information content (AvgIpc) is 3.44. The van der Waals surface area contributed by atoms with Gasteiger partial charge in [0.15, 0.2) is 0 Å². The number of hydrogen-bond donors (Lipinski definition) is 2. The average molecular weight is 380 g/mol. The van der Waals surface area contributed by atoms with Crippen LogP contribution >= 0.6 is 0 Å². The van der Waals surface area contributed by atoms with E-state index in [2.05, 4.69) is 37.3 Å². The first-order chi connectivity index (χ1) is 13.6. The maximum absolute atomic E-state index is 5.83. The number of ether oxygens (including phenoxy) is 1. The van der Waals surface area contributed by atoms with Crippen LogP contribution in [0.2, 0.25) is 0 Å². The fourth-order valence-electron chi connectivity index (χ4n) is 3.48. The minimum Gasteiger partial charge on any atom is -0.491 e. The number of anilines is 1. The molecule has 148 valence electrons. The number of rotatable bonds is 9. The van der Waals surface area contributed by atoms with Crippen molar-refractivity contribution in [3.8, 4) is 17.1 Å². The lowest BCUT2D eigenvalue weighted by Crippen LogP contribution is -2.31. The molecule has 1 saturated carbocycles. The second-order valence-electron chi connectivity index (χ2n) is 7.52. The highest BCUT2D eigenvalue weighted by Gasteiger charge is 2.27. The Kier molecular flexibility index (Phi) is 5.43. The molecule has 1 aliphatic carbocycles. The van der Waals surface area contributed by atoms with Gasteiger partial charge in [0.25, 0.3) is 0 Å². The first-order valence-electron chi connectivity index (χ1n) is 10.1. The van der Waals surface area contributed by atoms with Gasteiger partial charge in [0.2, 0.25) is 0 Å². The van der Waals surface area contributed by atoms with Crippen molar-refractivity contribution >= 4 is 16.7 Å². The second-order valence-corrected chi connectivity index (χ2v) is 7.52. The van der Waals surface area contributed by atoms with Crippen molar-refractivity contribution in [2.45, 2.75) is 45.8 Å². The van der Waals surface area contributed by atoms with Gasteiger partial charge in [-0.15, -0.1) is 0 Å². The lowest BCUT2D eigenvalue weighted by Gasteiger charge is -2.19. The third-order valence-corrected chi connectivity index (χ3v) is 4.99. The van der Waals surface area contributed by atoms with Crippen LogP contribution < -0.4 is 10.1 Å². The first-order valence-corrected chi connectivity index (χ1v) is 10.1. The quantitative estimate of drug-likeness (QED) is 0.589. The summed E-state index contributed by atoms with van der Waals surface area (Å²) in [5.41, 5.74) is 2.56. The molecule has 0 atom stereocenters. The Hall–Kier alpha value is -2.67. The summed E-state index contributed by atoms with van der Waals surface area (Å²) in [5, 5.41) is 12.0. The highest BCUT2D eigenvalue weighted by molar-refractivity contribution is 5.93. The fraction of sp³-hybridized carbons (Fsp3) is 0.476. The van der Waals surface area contributed by atoms with E-state index in [-0.39, 0.29) is 6.10 Å². The Morgan fingerprint density at radius 2 is 2.11 bits per heavy atom. The van der Waals surface area contributed by atoms with Gasteiger partial charge in [-0.1, -0.05) is 6.92 Å². The molecule has 28 heavy (non-hydrogen) atoms. The predicted octanol–water partition coefficient (Wildman–Crippen LogP) is 3.70. The fourth-order valence-corrected chi connectivity index (χ4v) is 3.48. The second kappa shape index (κ2) is 8.14. The Morgan fingerprint density at radius 1 is 1.25 bits per heavy atom. The van der Waals surface area contributed by atoms with Crippen molar-refractivity contribution in [1.29, 1.82) is 0 Å². The van der Waals surface area contributed by atoms with E-state index in [9.17, 15) is 0 Å². The number of H-pyrrole nitrogens is 1. The van der Waals surface area contributed by atoms with E-state index in [0.29, 0.717) is 0 Å². The molecule has 1 fully saturated rings. The third-order valence-electron chi connectivity index (χ3n) is 4.99. The van der Waals surface area contributed by atoms with E-state index in [1.54, 1.807) is 6.33 Å². The number of aromatic amines is 1. The van der Waals surface area contributed by atoms with E-state index in [1.807, 2.05) is 38.1 Å². The van der Waals surface area contributed by atoms with Gasteiger partial charge in [-0.2, -0.15) is 5.10 Å². The van der Waals surface area contributed by atoms with Crippen molar-refractivity contribution < 1.29 is 4.74 Å². The zero-order chi connectivity index (χ0) is 19.5. The van der Waals surface area contributed by atoms with Crippen LogP contribution in [0, 0.1) is 0 Å². The number of hydrogen-bond acceptors (Lipinski definition) is 6. The van der Waals surface area contributed by atoms with E-state index < -0.39 is 0 Å². The van der Waals surface area contributed by atoms with Crippen LogP contribution in [0.5, 0.6) is 5.75 Å². The van der Waals surface area contributed by atoms with Gasteiger partial charge < -0.3 is 10.1 Å². The molecule has 7 nitrogen and oxygen atoms in total. The molecule has 1 aromatic carbocycles. The number of nitrogens with zero attached hydrogens (tertiary/aromatic N) is 4. The summed E-state index contributed by atoms with van der Waals surface area (Å²) in [6.07, 6.45) is 4.38. The molecular formula is C21H28N6O. The minimum atomic E-state index is 0.126. The molecule has 3 aromatic rings. The lowest BCUT2D eigenvalue weighted by molar-refractivity contribution is 0.243. The molecule has 4 rings (SSSR count). The van der Waals surface area contributed by atoms with Crippen LogP contribution in [0.25, 0.3) is 22.3 Å². The molecular weight excluding hydrogens is 352 g/mol. The maximum Gasteiger partial charge on any atom is 0.130 e. The van der Waals surface area contributed by atoms with E-state index in [1.165, 1.54) is 12.8 Å². The molecule has 0 spiro atoms. The number of aromatic nitrogens is 4. The monoisotopic (exact) mass is 380 g/mol. The van der Waals surface area contributed by atoms with Crippen molar-refractivity contribution in [3.05, 3.63) is 30.6 Å². The van der Waals surface area contributed by atoms with Gasteiger partial charge in [0.05, 0.1) is 17.3 Å². The molecule has 0 amide bonds. The smallest absolute Gasteiger partial charge is 0.130 e. The molecule has 0 saturated heterocycles. The van der Waals surface area contributed by atoms with E-state index in [4.69, 9.17) is 4.74 Å². The normalized spacial score (nSPS) is 14.2. The lowest BCUT2D eigenvalue weighted by atomic mass is 10.1. The van der Waals surface area contributed by atoms with Gasteiger partial charge in [-0.3, -0.25) is 10.00 Å². The summed E-state index contributed by atoms with van der Waals surface area (Å²) < 4.78 is 5.83. The van der Waals surface area contributed by atoms with Crippen LogP contribution in [0.15, 0.2) is 30.6 Å².